The van der Waals surface area contributed by atoms with Gasteiger partial charge < -0.3 is 14.2 Å². The second-order valence-electron chi connectivity index (χ2n) is 7.14. The molecule has 0 spiro atoms. The van der Waals surface area contributed by atoms with Crippen LogP contribution in [0.15, 0.2) is 30.3 Å². The Morgan fingerprint density at radius 1 is 1.07 bits per heavy atom. The van der Waals surface area contributed by atoms with Gasteiger partial charge in [0, 0.05) is 29.6 Å². The van der Waals surface area contributed by atoms with Gasteiger partial charge in [0.25, 0.3) is 0 Å². The molecule has 9 heteroatoms. The van der Waals surface area contributed by atoms with Crippen LogP contribution in [0.4, 0.5) is 0 Å². The minimum Gasteiger partial charge on any atom is -0.378 e. The van der Waals surface area contributed by atoms with Crippen molar-refractivity contribution >= 4 is 63.3 Å². The Labute approximate surface area is 194 Å². The van der Waals surface area contributed by atoms with Gasteiger partial charge in [0.2, 0.25) is 5.91 Å². The number of fused-ring (bicyclic) bond motifs is 1. The number of aromatic nitrogens is 2. The van der Waals surface area contributed by atoms with Crippen LogP contribution in [0.3, 0.4) is 0 Å². The van der Waals surface area contributed by atoms with Gasteiger partial charge in [-0.05, 0) is 36.8 Å². The van der Waals surface area contributed by atoms with Gasteiger partial charge >= 0.3 is 0 Å². The van der Waals surface area contributed by atoms with Gasteiger partial charge in [-0.15, -0.1) is 0 Å². The van der Waals surface area contributed by atoms with Crippen LogP contribution in [-0.4, -0.2) is 46.7 Å². The number of hydrogen-bond donors (Lipinski definition) is 0. The Balaban J connectivity index is 1.82. The summed E-state index contributed by atoms with van der Waals surface area (Å²) in [5, 5.41) is 1.90. The molecule has 158 valence electrons. The van der Waals surface area contributed by atoms with Crippen molar-refractivity contribution in [3.8, 4) is 0 Å². The summed E-state index contributed by atoms with van der Waals surface area (Å²) >= 11 is 25.3. The number of benzene rings is 2. The Kier molecular flexibility index (Phi) is 6.47. The van der Waals surface area contributed by atoms with E-state index in [1.807, 2.05) is 16.4 Å². The maximum atomic E-state index is 13.2. The third-order valence-corrected chi connectivity index (χ3v) is 6.70. The second-order valence-corrected chi connectivity index (χ2v) is 8.77. The summed E-state index contributed by atoms with van der Waals surface area (Å²) in [6.07, 6.45) is 0.364. The monoisotopic (exact) mass is 485 g/mol. The first kappa shape index (κ1) is 21.7. The zero-order valence-corrected chi connectivity index (χ0v) is 19.2. The van der Waals surface area contributed by atoms with Crippen LogP contribution in [0.25, 0.3) is 11.0 Å². The SMILES string of the molecule is CC(C(=O)N1CCOCC1)n1c(Cc2c(Cl)cccc2Cl)nc2cc(Cl)c(Cl)cc21. The second kappa shape index (κ2) is 8.93. The largest absolute Gasteiger partial charge is 0.378 e. The summed E-state index contributed by atoms with van der Waals surface area (Å²) in [7, 11) is 0. The Hall–Kier alpha value is -1.50. The third kappa shape index (κ3) is 4.14. The average Bonchev–Trinajstić information content (AvgIpc) is 3.07. The molecule has 3 aromatic rings. The zero-order chi connectivity index (χ0) is 21.4. The molecule has 2 heterocycles. The molecule has 1 atom stereocenters. The van der Waals surface area contributed by atoms with Crippen LogP contribution in [0, 0.1) is 0 Å². The van der Waals surface area contributed by atoms with E-state index >= 15 is 0 Å². The molecular formula is C21H19Cl4N3O2. The van der Waals surface area contributed by atoms with Crippen LogP contribution in [0.1, 0.15) is 24.4 Å². The molecule has 1 saturated heterocycles. The molecular weight excluding hydrogens is 468 g/mol. The van der Waals surface area contributed by atoms with Gasteiger partial charge in [-0.25, -0.2) is 4.98 Å². The smallest absolute Gasteiger partial charge is 0.245 e. The van der Waals surface area contributed by atoms with E-state index in [-0.39, 0.29) is 5.91 Å². The van der Waals surface area contributed by atoms with Crippen molar-refractivity contribution in [2.75, 3.05) is 26.3 Å². The quantitative estimate of drug-likeness (QED) is 0.478. The van der Waals surface area contributed by atoms with Crippen molar-refractivity contribution in [1.29, 1.82) is 0 Å². The highest BCUT2D eigenvalue weighted by atomic mass is 35.5. The molecule has 0 aliphatic carbocycles. The number of hydrogen-bond acceptors (Lipinski definition) is 3. The minimum atomic E-state index is -0.499. The van der Waals surface area contributed by atoms with E-state index in [9.17, 15) is 4.79 Å². The van der Waals surface area contributed by atoms with Gasteiger partial charge in [0.05, 0.1) is 34.3 Å². The Morgan fingerprint density at radius 3 is 2.37 bits per heavy atom. The fraction of sp³-hybridized carbons (Fsp3) is 0.333. The molecule has 1 aliphatic rings. The number of nitrogens with zero attached hydrogens (tertiary/aromatic N) is 3. The molecule has 4 rings (SSSR count). The van der Waals surface area contributed by atoms with Gasteiger partial charge in [-0.1, -0.05) is 52.5 Å². The van der Waals surface area contributed by atoms with Crippen LogP contribution in [0.5, 0.6) is 0 Å². The number of rotatable bonds is 4. The fourth-order valence-corrected chi connectivity index (χ4v) is 4.56. The highest BCUT2D eigenvalue weighted by Crippen LogP contribution is 2.33. The summed E-state index contributed by atoms with van der Waals surface area (Å²) in [6.45, 7) is 4.06. The molecule has 30 heavy (non-hydrogen) atoms. The average molecular weight is 487 g/mol. The van der Waals surface area contributed by atoms with Crippen LogP contribution in [0.2, 0.25) is 20.1 Å². The molecule has 1 aliphatic heterocycles. The van der Waals surface area contributed by atoms with Crippen molar-refractivity contribution in [2.24, 2.45) is 0 Å². The maximum absolute atomic E-state index is 13.2. The Bertz CT molecular complexity index is 1090. The number of carbonyl (C=O) groups excluding carboxylic acids is 1. The minimum absolute atomic E-state index is 0.00446. The topological polar surface area (TPSA) is 47.4 Å². The van der Waals surface area contributed by atoms with Crippen molar-refractivity contribution in [2.45, 2.75) is 19.4 Å². The summed E-state index contributed by atoms with van der Waals surface area (Å²) in [6, 6.07) is 8.31. The van der Waals surface area contributed by atoms with Crippen LogP contribution in [-0.2, 0) is 16.0 Å². The fourth-order valence-electron chi connectivity index (χ4n) is 3.71. The molecule has 0 radical (unpaired) electrons. The highest BCUT2D eigenvalue weighted by molar-refractivity contribution is 6.42. The normalized spacial score (nSPS) is 15.6. The van der Waals surface area contributed by atoms with E-state index in [0.29, 0.717) is 64.2 Å². The predicted octanol–water partition coefficient (Wildman–Crippen LogP) is 5.66. The lowest BCUT2D eigenvalue weighted by atomic mass is 10.1. The molecule has 5 nitrogen and oxygen atoms in total. The first-order valence-electron chi connectivity index (χ1n) is 9.52. The first-order valence-corrected chi connectivity index (χ1v) is 11.0. The zero-order valence-electron chi connectivity index (χ0n) is 16.2. The molecule has 1 fully saturated rings. The summed E-state index contributed by atoms with van der Waals surface area (Å²) in [5.74, 6) is 0.655. The van der Waals surface area contributed by atoms with Crippen LogP contribution >= 0.6 is 46.4 Å². The Morgan fingerprint density at radius 2 is 1.70 bits per heavy atom. The first-order chi connectivity index (χ1) is 14.4. The van der Waals surface area contributed by atoms with Crippen molar-refractivity contribution in [1.82, 2.24) is 14.5 Å². The van der Waals surface area contributed by atoms with Gasteiger partial charge in [0.15, 0.2) is 0 Å². The third-order valence-electron chi connectivity index (χ3n) is 5.27. The van der Waals surface area contributed by atoms with E-state index in [4.69, 9.17) is 56.1 Å². The standard InChI is InChI=1S/C21H19Cl4N3O2/c1-12(21(29)27-5-7-30-8-6-27)28-19-11-17(25)16(24)10-18(19)26-20(28)9-13-14(22)3-2-4-15(13)23/h2-4,10-12H,5-9H2,1H3. The summed E-state index contributed by atoms with van der Waals surface area (Å²) < 4.78 is 7.27. The van der Waals surface area contributed by atoms with Gasteiger partial charge in [-0.3, -0.25) is 4.79 Å². The number of carbonyl (C=O) groups is 1. The maximum Gasteiger partial charge on any atom is 0.245 e. The number of amides is 1. The molecule has 1 unspecified atom stereocenters. The van der Waals surface area contributed by atoms with E-state index < -0.39 is 6.04 Å². The molecule has 0 saturated carbocycles. The molecule has 2 aromatic carbocycles. The van der Waals surface area contributed by atoms with E-state index in [1.165, 1.54) is 0 Å². The van der Waals surface area contributed by atoms with E-state index in [1.54, 1.807) is 30.3 Å². The number of imidazole rings is 1. The van der Waals surface area contributed by atoms with Crippen LogP contribution < -0.4 is 0 Å². The predicted molar refractivity (Wildman–Crippen MR) is 121 cm³/mol. The number of morpholine rings is 1. The summed E-state index contributed by atoms with van der Waals surface area (Å²) in [4.78, 5) is 19.8. The molecule has 1 aromatic heterocycles. The van der Waals surface area contributed by atoms with E-state index in [0.717, 1.165) is 11.1 Å². The molecule has 1 amide bonds. The lowest BCUT2D eigenvalue weighted by Gasteiger charge is -2.30. The summed E-state index contributed by atoms with van der Waals surface area (Å²) in [5.41, 5.74) is 2.14. The lowest BCUT2D eigenvalue weighted by molar-refractivity contribution is -0.138. The number of ether oxygens (including phenoxy) is 1. The number of halogens is 4. The molecule has 0 N–H and O–H groups in total. The van der Waals surface area contributed by atoms with Crippen molar-refractivity contribution in [3.05, 3.63) is 61.8 Å². The van der Waals surface area contributed by atoms with Gasteiger partial charge in [-0.2, -0.15) is 0 Å². The van der Waals surface area contributed by atoms with Crippen molar-refractivity contribution < 1.29 is 9.53 Å². The van der Waals surface area contributed by atoms with Gasteiger partial charge in [0.1, 0.15) is 11.9 Å². The van der Waals surface area contributed by atoms with Crippen molar-refractivity contribution in [3.63, 3.8) is 0 Å². The molecule has 0 bridgehead atoms. The highest BCUT2D eigenvalue weighted by Gasteiger charge is 2.28. The lowest BCUT2D eigenvalue weighted by Crippen LogP contribution is -2.43. The van der Waals surface area contributed by atoms with E-state index in [2.05, 4.69) is 0 Å².